The van der Waals surface area contributed by atoms with Crippen molar-refractivity contribution in [1.82, 2.24) is 4.31 Å². The quantitative estimate of drug-likeness (QED) is 0.763. The van der Waals surface area contributed by atoms with Crippen LogP contribution in [-0.4, -0.2) is 44.2 Å². The van der Waals surface area contributed by atoms with Gasteiger partial charge in [-0.3, -0.25) is 9.59 Å². The van der Waals surface area contributed by atoms with E-state index in [2.05, 4.69) is 5.32 Å². The molecule has 0 saturated carbocycles. The number of fused-ring (bicyclic) bond motifs is 1. The first-order valence-electron chi connectivity index (χ1n) is 9.83. The molecule has 0 unspecified atom stereocenters. The van der Waals surface area contributed by atoms with Crippen LogP contribution in [0.3, 0.4) is 0 Å². The standard InChI is InChI=1S/C21H22ClN3O4S/c22-16-4-3-5-17(13-16)23-20(26)14-25-19-8-7-18(12-15(19)6-9-21(25)27)30(28,29)24-10-1-2-11-24/h3-5,7-8,12-13H,1-2,6,9-11,14H2,(H,23,26). The van der Waals surface area contributed by atoms with Crippen molar-refractivity contribution in [1.29, 1.82) is 0 Å². The first-order chi connectivity index (χ1) is 14.3. The number of sulfonamides is 1. The average Bonchev–Trinajstić information content (AvgIpc) is 3.25. The van der Waals surface area contributed by atoms with Crippen molar-refractivity contribution in [3.8, 4) is 0 Å². The summed E-state index contributed by atoms with van der Waals surface area (Å²) >= 11 is 5.94. The van der Waals surface area contributed by atoms with Crippen molar-refractivity contribution in [3.63, 3.8) is 0 Å². The van der Waals surface area contributed by atoms with E-state index >= 15 is 0 Å². The third-order valence-electron chi connectivity index (χ3n) is 5.36. The molecule has 2 heterocycles. The van der Waals surface area contributed by atoms with Crippen LogP contribution in [-0.2, 0) is 26.0 Å². The van der Waals surface area contributed by atoms with Crippen molar-refractivity contribution >= 4 is 44.8 Å². The number of nitrogens with zero attached hydrogens (tertiary/aromatic N) is 2. The number of benzene rings is 2. The van der Waals surface area contributed by atoms with Gasteiger partial charge in [0.2, 0.25) is 21.8 Å². The van der Waals surface area contributed by atoms with E-state index in [-0.39, 0.29) is 29.7 Å². The Hall–Kier alpha value is -2.42. The average molecular weight is 448 g/mol. The second-order valence-electron chi connectivity index (χ2n) is 7.44. The molecule has 0 aromatic heterocycles. The predicted molar refractivity (Wildman–Crippen MR) is 115 cm³/mol. The van der Waals surface area contributed by atoms with Gasteiger partial charge in [0.1, 0.15) is 6.54 Å². The number of amides is 2. The molecule has 0 aliphatic carbocycles. The number of rotatable bonds is 5. The number of hydrogen-bond donors (Lipinski definition) is 1. The Labute approximate surface area is 180 Å². The van der Waals surface area contributed by atoms with Gasteiger partial charge in [0.05, 0.1) is 4.90 Å². The molecule has 4 rings (SSSR count). The highest BCUT2D eigenvalue weighted by Crippen LogP contribution is 2.31. The van der Waals surface area contributed by atoms with Crippen LogP contribution in [0, 0.1) is 0 Å². The second-order valence-corrected chi connectivity index (χ2v) is 9.81. The third kappa shape index (κ3) is 4.21. The minimum atomic E-state index is -3.53. The molecule has 30 heavy (non-hydrogen) atoms. The van der Waals surface area contributed by atoms with Crippen LogP contribution < -0.4 is 10.2 Å². The summed E-state index contributed by atoms with van der Waals surface area (Å²) in [4.78, 5) is 26.6. The van der Waals surface area contributed by atoms with Crippen LogP contribution in [0.25, 0.3) is 0 Å². The smallest absolute Gasteiger partial charge is 0.244 e. The van der Waals surface area contributed by atoms with Crippen molar-refractivity contribution in [2.45, 2.75) is 30.6 Å². The van der Waals surface area contributed by atoms with E-state index in [1.807, 2.05) is 0 Å². The molecule has 2 aromatic rings. The number of aryl methyl sites for hydroxylation is 1. The van der Waals surface area contributed by atoms with Crippen LogP contribution in [0.2, 0.25) is 5.02 Å². The maximum atomic E-state index is 12.8. The zero-order valence-electron chi connectivity index (χ0n) is 16.3. The van der Waals surface area contributed by atoms with Gasteiger partial charge in [0.15, 0.2) is 0 Å². The zero-order chi connectivity index (χ0) is 21.3. The topological polar surface area (TPSA) is 86.8 Å². The maximum absolute atomic E-state index is 12.8. The van der Waals surface area contributed by atoms with Gasteiger partial charge in [-0.15, -0.1) is 0 Å². The fraction of sp³-hybridized carbons (Fsp3) is 0.333. The Morgan fingerprint density at radius 1 is 1.07 bits per heavy atom. The molecule has 9 heteroatoms. The Kier molecular flexibility index (Phi) is 5.81. The molecule has 158 valence electrons. The molecule has 0 radical (unpaired) electrons. The van der Waals surface area contributed by atoms with E-state index in [0.29, 0.717) is 35.9 Å². The zero-order valence-corrected chi connectivity index (χ0v) is 17.9. The molecule has 0 atom stereocenters. The van der Waals surface area contributed by atoms with E-state index in [1.165, 1.54) is 15.3 Å². The Balaban J connectivity index is 1.55. The van der Waals surface area contributed by atoms with Gasteiger partial charge in [-0.05, 0) is 61.2 Å². The van der Waals surface area contributed by atoms with Gasteiger partial charge < -0.3 is 10.2 Å². The molecule has 2 aliphatic heterocycles. The van der Waals surface area contributed by atoms with Gasteiger partial charge in [0, 0.05) is 35.9 Å². The van der Waals surface area contributed by atoms with Gasteiger partial charge in [-0.1, -0.05) is 17.7 Å². The first kappa shape index (κ1) is 20.8. The van der Waals surface area contributed by atoms with E-state index < -0.39 is 10.0 Å². The number of hydrogen-bond acceptors (Lipinski definition) is 4. The van der Waals surface area contributed by atoms with E-state index in [9.17, 15) is 18.0 Å². The van der Waals surface area contributed by atoms with Crippen LogP contribution >= 0.6 is 11.6 Å². The third-order valence-corrected chi connectivity index (χ3v) is 7.49. The van der Waals surface area contributed by atoms with Crippen molar-refractivity contribution < 1.29 is 18.0 Å². The van der Waals surface area contributed by atoms with Crippen LogP contribution in [0.5, 0.6) is 0 Å². The highest BCUT2D eigenvalue weighted by atomic mass is 35.5. The molecule has 2 aliphatic rings. The minimum absolute atomic E-state index is 0.156. The lowest BCUT2D eigenvalue weighted by molar-refractivity contribution is -0.121. The summed E-state index contributed by atoms with van der Waals surface area (Å²) in [6.45, 7) is 0.915. The highest BCUT2D eigenvalue weighted by molar-refractivity contribution is 7.89. The fourth-order valence-corrected chi connectivity index (χ4v) is 5.62. The summed E-state index contributed by atoms with van der Waals surface area (Å²) in [5.41, 5.74) is 1.88. The molecule has 2 amide bonds. The summed E-state index contributed by atoms with van der Waals surface area (Å²) in [6, 6.07) is 11.6. The van der Waals surface area contributed by atoms with Crippen LogP contribution in [0.1, 0.15) is 24.8 Å². The number of carbonyl (C=O) groups excluding carboxylic acids is 2. The van der Waals surface area contributed by atoms with Gasteiger partial charge >= 0.3 is 0 Å². The number of anilines is 2. The van der Waals surface area contributed by atoms with Gasteiger partial charge in [-0.25, -0.2) is 8.42 Å². The van der Waals surface area contributed by atoms with Crippen LogP contribution in [0.15, 0.2) is 47.4 Å². The number of carbonyl (C=O) groups is 2. The lowest BCUT2D eigenvalue weighted by atomic mass is 10.0. The molecule has 7 nitrogen and oxygen atoms in total. The fourth-order valence-electron chi connectivity index (χ4n) is 3.86. The number of nitrogens with one attached hydrogen (secondary N) is 1. The van der Waals surface area contributed by atoms with Gasteiger partial charge in [0.25, 0.3) is 0 Å². The first-order valence-corrected chi connectivity index (χ1v) is 11.7. The molecule has 2 aromatic carbocycles. The molecule has 0 spiro atoms. The highest BCUT2D eigenvalue weighted by Gasteiger charge is 2.31. The lowest BCUT2D eigenvalue weighted by Gasteiger charge is -2.29. The minimum Gasteiger partial charge on any atom is -0.324 e. The Morgan fingerprint density at radius 3 is 2.57 bits per heavy atom. The predicted octanol–water partition coefficient (Wildman–Crippen LogP) is 3.04. The molecule has 1 saturated heterocycles. The second kappa shape index (κ2) is 8.37. The SMILES string of the molecule is O=C(CN1C(=O)CCc2cc(S(=O)(=O)N3CCCC3)ccc21)Nc1cccc(Cl)c1. The van der Waals surface area contributed by atoms with Gasteiger partial charge in [-0.2, -0.15) is 4.31 Å². The van der Waals surface area contributed by atoms with Crippen molar-refractivity contribution in [2.24, 2.45) is 0 Å². The van der Waals surface area contributed by atoms with Crippen molar-refractivity contribution in [2.75, 3.05) is 29.9 Å². The number of halogens is 1. The van der Waals surface area contributed by atoms with E-state index in [1.54, 1.807) is 36.4 Å². The largest absolute Gasteiger partial charge is 0.324 e. The van der Waals surface area contributed by atoms with E-state index in [0.717, 1.165) is 18.4 Å². The van der Waals surface area contributed by atoms with Crippen LogP contribution in [0.4, 0.5) is 11.4 Å². The van der Waals surface area contributed by atoms with Crippen molar-refractivity contribution in [3.05, 3.63) is 53.1 Å². The molecular weight excluding hydrogens is 426 g/mol. The molecular formula is C21H22ClN3O4S. The monoisotopic (exact) mass is 447 g/mol. The maximum Gasteiger partial charge on any atom is 0.244 e. The Bertz CT molecular complexity index is 1100. The summed E-state index contributed by atoms with van der Waals surface area (Å²) < 4.78 is 27.2. The molecule has 0 bridgehead atoms. The van der Waals surface area contributed by atoms with E-state index in [4.69, 9.17) is 11.6 Å². The summed E-state index contributed by atoms with van der Waals surface area (Å²) in [7, 11) is -3.53. The normalized spacial score (nSPS) is 17.1. The lowest BCUT2D eigenvalue weighted by Crippen LogP contribution is -2.41. The summed E-state index contributed by atoms with van der Waals surface area (Å²) in [6.07, 6.45) is 2.41. The molecule has 1 N–H and O–H groups in total. The molecule has 1 fully saturated rings. The summed E-state index contributed by atoms with van der Waals surface area (Å²) in [5, 5.41) is 3.23. The Morgan fingerprint density at radius 2 is 1.83 bits per heavy atom. The summed E-state index contributed by atoms with van der Waals surface area (Å²) in [5.74, 6) is -0.522.